The molecular formula is C26H20F2N2O6. The van der Waals surface area contributed by atoms with Crippen LogP contribution >= 0.6 is 0 Å². The normalized spacial score (nSPS) is 22.2. The SMILES string of the molecule is O=C(O)c1cccc([C@H]2C[C@@H](NC(=O)C3(c4ccc5c(c4)OC(F)(F)O5)CC3)c3cccnc3O2)c1. The summed E-state index contributed by atoms with van der Waals surface area (Å²) in [5, 5.41) is 12.5. The second-order valence-electron chi connectivity index (χ2n) is 9.11. The lowest BCUT2D eigenvalue weighted by molar-refractivity contribution is -0.286. The molecule has 3 aliphatic rings. The van der Waals surface area contributed by atoms with Crippen LogP contribution in [-0.4, -0.2) is 28.3 Å². The molecule has 3 aromatic rings. The molecule has 0 bridgehead atoms. The molecule has 6 rings (SSSR count). The number of carboxylic acid groups (broad SMARTS) is 1. The second-order valence-corrected chi connectivity index (χ2v) is 9.11. The van der Waals surface area contributed by atoms with Gasteiger partial charge in [-0.1, -0.05) is 24.3 Å². The first-order valence-electron chi connectivity index (χ1n) is 11.4. The minimum Gasteiger partial charge on any atom is -0.478 e. The van der Waals surface area contributed by atoms with Gasteiger partial charge in [0.1, 0.15) is 6.10 Å². The summed E-state index contributed by atoms with van der Waals surface area (Å²) >= 11 is 0. The molecule has 2 aromatic carbocycles. The number of nitrogens with zero attached hydrogens (tertiary/aromatic N) is 1. The van der Waals surface area contributed by atoms with Crippen LogP contribution in [0.2, 0.25) is 0 Å². The van der Waals surface area contributed by atoms with Crippen LogP contribution < -0.4 is 19.5 Å². The van der Waals surface area contributed by atoms with Crippen molar-refractivity contribution in [2.75, 3.05) is 0 Å². The molecule has 2 aliphatic heterocycles. The lowest BCUT2D eigenvalue weighted by Crippen LogP contribution is -2.39. The third-order valence-electron chi connectivity index (χ3n) is 6.83. The van der Waals surface area contributed by atoms with Gasteiger partial charge in [-0.05, 0) is 54.3 Å². The summed E-state index contributed by atoms with van der Waals surface area (Å²) in [7, 11) is 0. The van der Waals surface area contributed by atoms with Crippen molar-refractivity contribution in [3.8, 4) is 17.4 Å². The fourth-order valence-electron chi connectivity index (χ4n) is 4.82. The van der Waals surface area contributed by atoms with E-state index in [1.165, 1.54) is 18.2 Å². The Labute approximate surface area is 203 Å². The molecule has 2 atom stereocenters. The van der Waals surface area contributed by atoms with E-state index in [9.17, 15) is 23.5 Å². The highest BCUT2D eigenvalue weighted by atomic mass is 19.3. The van der Waals surface area contributed by atoms with E-state index < -0.39 is 29.8 Å². The summed E-state index contributed by atoms with van der Waals surface area (Å²) in [6, 6.07) is 14.0. The largest absolute Gasteiger partial charge is 0.586 e. The van der Waals surface area contributed by atoms with E-state index in [1.54, 1.807) is 36.5 Å². The topological polar surface area (TPSA) is 107 Å². The number of benzene rings is 2. The Hall–Kier alpha value is -4.21. The molecule has 2 N–H and O–H groups in total. The number of carbonyl (C=O) groups excluding carboxylic acids is 1. The van der Waals surface area contributed by atoms with Gasteiger partial charge >= 0.3 is 12.3 Å². The highest BCUT2D eigenvalue weighted by Gasteiger charge is 2.53. The number of carbonyl (C=O) groups is 2. The van der Waals surface area contributed by atoms with Gasteiger partial charge in [-0.15, -0.1) is 8.78 Å². The zero-order valence-electron chi connectivity index (χ0n) is 18.7. The molecule has 8 nitrogen and oxygen atoms in total. The van der Waals surface area contributed by atoms with E-state index in [4.69, 9.17) is 4.74 Å². The van der Waals surface area contributed by atoms with Crippen molar-refractivity contribution in [2.24, 2.45) is 0 Å². The van der Waals surface area contributed by atoms with Crippen molar-refractivity contribution in [1.29, 1.82) is 0 Å². The smallest absolute Gasteiger partial charge is 0.478 e. The summed E-state index contributed by atoms with van der Waals surface area (Å²) in [5.41, 5.74) is 1.20. The molecule has 3 heterocycles. The van der Waals surface area contributed by atoms with Gasteiger partial charge in [0.2, 0.25) is 11.8 Å². The molecule has 1 saturated carbocycles. The van der Waals surface area contributed by atoms with Crippen LogP contribution in [0.4, 0.5) is 8.78 Å². The number of ether oxygens (including phenoxy) is 3. The van der Waals surface area contributed by atoms with E-state index in [-0.39, 0.29) is 23.0 Å². The van der Waals surface area contributed by atoms with Crippen molar-refractivity contribution in [3.05, 3.63) is 83.0 Å². The predicted molar refractivity (Wildman–Crippen MR) is 120 cm³/mol. The quantitative estimate of drug-likeness (QED) is 0.537. The zero-order chi connectivity index (χ0) is 25.1. The van der Waals surface area contributed by atoms with Crippen molar-refractivity contribution in [3.63, 3.8) is 0 Å². The summed E-state index contributed by atoms with van der Waals surface area (Å²) in [5.74, 6) is -1.11. The molecular weight excluding hydrogens is 474 g/mol. The van der Waals surface area contributed by atoms with Crippen LogP contribution in [0.25, 0.3) is 0 Å². The van der Waals surface area contributed by atoms with Gasteiger partial charge in [-0.3, -0.25) is 4.79 Å². The van der Waals surface area contributed by atoms with Gasteiger partial charge in [0.15, 0.2) is 11.5 Å². The fourth-order valence-corrected chi connectivity index (χ4v) is 4.82. The summed E-state index contributed by atoms with van der Waals surface area (Å²) in [6.45, 7) is 0. The zero-order valence-corrected chi connectivity index (χ0v) is 18.7. The van der Waals surface area contributed by atoms with Crippen molar-refractivity contribution < 1.29 is 37.7 Å². The number of nitrogens with one attached hydrogen (secondary N) is 1. The van der Waals surface area contributed by atoms with Gasteiger partial charge in [-0.25, -0.2) is 9.78 Å². The Kier molecular flexibility index (Phi) is 4.89. The second kappa shape index (κ2) is 7.91. The lowest BCUT2D eigenvalue weighted by atomic mass is 9.91. The fraction of sp³-hybridized carbons (Fsp3) is 0.269. The summed E-state index contributed by atoms with van der Waals surface area (Å²) in [4.78, 5) is 29.3. The van der Waals surface area contributed by atoms with Gasteiger partial charge < -0.3 is 24.6 Å². The molecule has 1 aromatic heterocycles. The van der Waals surface area contributed by atoms with Crippen molar-refractivity contribution >= 4 is 11.9 Å². The van der Waals surface area contributed by atoms with E-state index in [0.29, 0.717) is 41.8 Å². The molecule has 1 amide bonds. The summed E-state index contributed by atoms with van der Waals surface area (Å²) in [6.07, 6.45) is -1.20. The molecule has 10 heteroatoms. The highest BCUT2D eigenvalue weighted by Crippen LogP contribution is 2.52. The molecule has 1 aliphatic carbocycles. The number of amides is 1. The average molecular weight is 494 g/mol. The van der Waals surface area contributed by atoms with Gasteiger partial charge in [-0.2, -0.15) is 0 Å². The van der Waals surface area contributed by atoms with Crippen LogP contribution in [0.3, 0.4) is 0 Å². The van der Waals surface area contributed by atoms with Crippen LogP contribution in [0.1, 0.15) is 58.5 Å². The number of fused-ring (bicyclic) bond motifs is 2. The van der Waals surface area contributed by atoms with Crippen LogP contribution in [-0.2, 0) is 10.2 Å². The third kappa shape index (κ3) is 3.78. The maximum Gasteiger partial charge on any atom is 0.586 e. The molecule has 0 radical (unpaired) electrons. The third-order valence-corrected chi connectivity index (χ3v) is 6.83. The number of aromatic carboxylic acids is 1. The standard InChI is InChI=1S/C26H20F2N2O6/c27-26(28)35-19-7-6-16(12-21(19)36-26)25(8-9-25)24(33)30-18-13-20(34-22-17(18)5-2-10-29-22)14-3-1-4-15(11-14)23(31)32/h1-7,10-12,18,20H,8-9,13H2,(H,30,33)(H,31,32)/t18-,20-/m1/s1. The number of aromatic nitrogens is 1. The van der Waals surface area contributed by atoms with Gasteiger partial charge in [0, 0.05) is 18.2 Å². The van der Waals surface area contributed by atoms with Crippen molar-refractivity contribution in [1.82, 2.24) is 10.3 Å². The van der Waals surface area contributed by atoms with E-state index >= 15 is 0 Å². The van der Waals surface area contributed by atoms with Gasteiger partial charge in [0.25, 0.3) is 0 Å². The van der Waals surface area contributed by atoms with Crippen molar-refractivity contribution in [2.45, 2.75) is 43.1 Å². The molecule has 184 valence electrons. The first-order chi connectivity index (χ1) is 17.2. The van der Waals surface area contributed by atoms with Crippen LogP contribution in [0.5, 0.6) is 17.4 Å². The first kappa shape index (κ1) is 22.3. The average Bonchev–Trinajstić information content (AvgIpc) is 3.61. The maximum atomic E-state index is 13.5. The molecule has 0 spiro atoms. The van der Waals surface area contributed by atoms with E-state index in [2.05, 4.69) is 19.8 Å². The molecule has 1 fully saturated rings. The highest BCUT2D eigenvalue weighted by molar-refractivity contribution is 5.92. The Bertz CT molecular complexity index is 1390. The van der Waals surface area contributed by atoms with Crippen LogP contribution in [0, 0.1) is 0 Å². The Morgan fingerprint density at radius 2 is 1.83 bits per heavy atom. The minimum absolute atomic E-state index is 0.0733. The van der Waals surface area contributed by atoms with Crippen LogP contribution in [0.15, 0.2) is 60.8 Å². The Balaban J connectivity index is 1.27. The van der Waals surface area contributed by atoms with E-state index in [0.717, 1.165) is 0 Å². The Morgan fingerprint density at radius 1 is 1.03 bits per heavy atom. The lowest BCUT2D eigenvalue weighted by Gasteiger charge is -2.33. The maximum absolute atomic E-state index is 13.5. The Morgan fingerprint density at radius 3 is 2.61 bits per heavy atom. The predicted octanol–water partition coefficient (Wildman–Crippen LogP) is 4.51. The molecule has 36 heavy (non-hydrogen) atoms. The summed E-state index contributed by atoms with van der Waals surface area (Å²) < 4.78 is 42.0. The first-order valence-corrected chi connectivity index (χ1v) is 11.4. The molecule has 0 unspecified atom stereocenters. The number of carboxylic acids is 1. The number of pyridine rings is 1. The number of rotatable bonds is 5. The molecule has 0 saturated heterocycles. The van der Waals surface area contributed by atoms with E-state index in [1.807, 2.05) is 6.07 Å². The minimum atomic E-state index is -3.73. The number of halogens is 2. The monoisotopic (exact) mass is 494 g/mol. The number of hydrogen-bond acceptors (Lipinski definition) is 6. The van der Waals surface area contributed by atoms with Gasteiger partial charge in [0.05, 0.1) is 17.0 Å². The number of alkyl halides is 2. The number of hydrogen-bond donors (Lipinski definition) is 2.